The van der Waals surface area contributed by atoms with Crippen molar-refractivity contribution in [2.45, 2.75) is 6.42 Å². The first kappa shape index (κ1) is 14.4. The number of carbonyl (C=O) groups excluding carboxylic acids is 1. The van der Waals surface area contributed by atoms with Gasteiger partial charge < -0.3 is 15.5 Å². The zero-order chi connectivity index (χ0) is 12.5. The summed E-state index contributed by atoms with van der Waals surface area (Å²) in [7, 11) is 0. The fraction of sp³-hybridized carbons (Fsp3) is 0.909. The van der Waals surface area contributed by atoms with Crippen molar-refractivity contribution >= 4 is 5.91 Å². The average Bonchev–Trinajstić information content (AvgIpc) is 2.53. The molecule has 1 aliphatic heterocycles. The van der Waals surface area contributed by atoms with Crippen LogP contribution in [0.4, 0.5) is 0 Å². The van der Waals surface area contributed by atoms with E-state index in [1.807, 2.05) is 0 Å². The molecule has 1 aliphatic rings. The van der Waals surface area contributed by atoms with Gasteiger partial charge in [-0.1, -0.05) is 0 Å². The van der Waals surface area contributed by atoms with Crippen LogP contribution in [0.3, 0.4) is 0 Å². The first-order valence-electron chi connectivity index (χ1n) is 6.19. The number of aliphatic hydroxyl groups is 2. The Bertz CT molecular complexity index is 226. The molecule has 0 aliphatic carbocycles. The molecule has 6 nitrogen and oxygen atoms in total. The second-order valence-electron chi connectivity index (χ2n) is 4.27. The second-order valence-corrected chi connectivity index (χ2v) is 4.27. The molecule has 0 atom stereocenters. The first-order valence-corrected chi connectivity index (χ1v) is 6.19. The highest BCUT2D eigenvalue weighted by Crippen LogP contribution is 2.02. The van der Waals surface area contributed by atoms with Gasteiger partial charge in [-0.3, -0.25) is 14.6 Å². The van der Waals surface area contributed by atoms with Gasteiger partial charge in [-0.15, -0.1) is 0 Å². The number of hydrogen-bond donors (Lipinski definition) is 3. The lowest BCUT2D eigenvalue weighted by molar-refractivity contribution is -0.122. The van der Waals surface area contributed by atoms with Crippen LogP contribution in [0.1, 0.15) is 6.42 Å². The van der Waals surface area contributed by atoms with Crippen molar-refractivity contribution in [2.75, 3.05) is 59.0 Å². The minimum atomic E-state index is -0.0327. The van der Waals surface area contributed by atoms with Crippen LogP contribution in [0.25, 0.3) is 0 Å². The SMILES string of the molecule is O=C(CN1CCCN(CCO)CC1)NCCO. The molecule has 1 fully saturated rings. The van der Waals surface area contributed by atoms with E-state index in [-0.39, 0.29) is 19.1 Å². The molecule has 1 heterocycles. The zero-order valence-electron chi connectivity index (χ0n) is 10.3. The molecule has 6 heteroatoms. The third kappa shape index (κ3) is 5.97. The zero-order valence-corrected chi connectivity index (χ0v) is 10.3. The van der Waals surface area contributed by atoms with Crippen LogP contribution in [-0.2, 0) is 4.79 Å². The van der Waals surface area contributed by atoms with Crippen molar-refractivity contribution in [3.05, 3.63) is 0 Å². The summed E-state index contributed by atoms with van der Waals surface area (Å²) >= 11 is 0. The standard InChI is InChI=1S/C11H23N3O3/c15-8-2-12-11(17)10-14-4-1-3-13(5-6-14)7-9-16/h15-16H,1-10H2,(H,12,17). The number of β-amino-alcohol motifs (C(OH)–C–C–N with tert-alkyl or cyclic N) is 1. The number of amides is 1. The van der Waals surface area contributed by atoms with E-state index >= 15 is 0 Å². The van der Waals surface area contributed by atoms with Gasteiger partial charge in [-0.25, -0.2) is 0 Å². The van der Waals surface area contributed by atoms with Crippen molar-refractivity contribution < 1.29 is 15.0 Å². The molecule has 100 valence electrons. The number of rotatable bonds is 6. The summed E-state index contributed by atoms with van der Waals surface area (Å²) in [6, 6.07) is 0. The van der Waals surface area contributed by atoms with E-state index in [1.165, 1.54) is 0 Å². The molecule has 3 N–H and O–H groups in total. The maximum absolute atomic E-state index is 11.5. The summed E-state index contributed by atoms with van der Waals surface area (Å²) in [5, 5.41) is 20.1. The van der Waals surface area contributed by atoms with E-state index in [0.717, 1.165) is 32.6 Å². The Morgan fingerprint density at radius 3 is 2.47 bits per heavy atom. The Hall–Kier alpha value is -0.690. The van der Waals surface area contributed by atoms with E-state index in [4.69, 9.17) is 10.2 Å². The lowest BCUT2D eigenvalue weighted by Crippen LogP contribution is -2.40. The van der Waals surface area contributed by atoms with Crippen LogP contribution in [0.5, 0.6) is 0 Å². The van der Waals surface area contributed by atoms with Crippen molar-refractivity contribution in [3.63, 3.8) is 0 Å². The third-order valence-electron chi connectivity index (χ3n) is 2.90. The maximum atomic E-state index is 11.5. The lowest BCUT2D eigenvalue weighted by atomic mass is 10.3. The maximum Gasteiger partial charge on any atom is 0.234 e. The fourth-order valence-electron chi connectivity index (χ4n) is 2.00. The normalized spacial score (nSPS) is 18.9. The van der Waals surface area contributed by atoms with Crippen LogP contribution >= 0.6 is 0 Å². The van der Waals surface area contributed by atoms with E-state index in [2.05, 4.69) is 15.1 Å². The predicted octanol–water partition coefficient (Wildman–Crippen LogP) is -1.91. The number of nitrogens with one attached hydrogen (secondary N) is 1. The Labute approximate surface area is 102 Å². The number of carbonyl (C=O) groups is 1. The molecule has 0 saturated carbocycles. The van der Waals surface area contributed by atoms with Crippen LogP contribution in [0, 0.1) is 0 Å². The molecule has 0 radical (unpaired) electrons. The summed E-state index contributed by atoms with van der Waals surface area (Å²) < 4.78 is 0. The largest absolute Gasteiger partial charge is 0.395 e. The highest BCUT2D eigenvalue weighted by atomic mass is 16.3. The van der Waals surface area contributed by atoms with Gasteiger partial charge in [0, 0.05) is 26.2 Å². The summed E-state index contributed by atoms with van der Waals surface area (Å²) in [6.45, 7) is 5.25. The van der Waals surface area contributed by atoms with Gasteiger partial charge >= 0.3 is 0 Å². The van der Waals surface area contributed by atoms with E-state index in [0.29, 0.717) is 19.6 Å². The molecule has 0 spiro atoms. The van der Waals surface area contributed by atoms with Crippen LogP contribution in [0.15, 0.2) is 0 Å². The molecule has 17 heavy (non-hydrogen) atoms. The number of nitrogens with zero attached hydrogens (tertiary/aromatic N) is 2. The monoisotopic (exact) mass is 245 g/mol. The Morgan fingerprint density at radius 2 is 1.76 bits per heavy atom. The van der Waals surface area contributed by atoms with Crippen molar-refractivity contribution in [1.29, 1.82) is 0 Å². The minimum absolute atomic E-state index is 0.0178. The van der Waals surface area contributed by atoms with E-state index in [9.17, 15) is 4.79 Å². The minimum Gasteiger partial charge on any atom is -0.395 e. The average molecular weight is 245 g/mol. The molecule has 0 unspecified atom stereocenters. The molecule has 0 aromatic rings. The summed E-state index contributed by atoms with van der Waals surface area (Å²) in [5.74, 6) is -0.0327. The number of hydrogen-bond acceptors (Lipinski definition) is 5. The van der Waals surface area contributed by atoms with Gasteiger partial charge in [0.2, 0.25) is 5.91 Å². The highest BCUT2D eigenvalue weighted by Gasteiger charge is 2.16. The molecule has 1 amide bonds. The van der Waals surface area contributed by atoms with Crippen molar-refractivity contribution in [1.82, 2.24) is 15.1 Å². The van der Waals surface area contributed by atoms with Crippen LogP contribution in [-0.4, -0.2) is 84.9 Å². The van der Waals surface area contributed by atoms with Crippen LogP contribution < -0.4 is 5.32 Å². The molecule has 0 aromatic heterocycles. The third-order valence-corrected chi connectivity index (χ3v) is 2.90. The molecule has 0 aromatic carbocycles. The second kappa shape index (κ2) is 8.41. The topological polar surface area (TPSA) is 76.0 Å². The summed E-state index contributed by atoms with van der Waals surface area (Å²) in [4.78, 5) is 15.8. The molecule has 1 saturated heterocycles. The van der Waals surface area contributed by atoms with Gasteiger partial charge in [0.25, 0.3) is 0 Å². The first-order chi connectivity index (χ1) is 8.26. The highest BCUT2D eigenvalue weighted by molar-refractivity contribution is 5.77. The molecule has 1 rings (SSSR count). The molecule has 0 bridgehead atoms. The summed E-state index contributed by atoms with van der Waals surface area (Å²) in [5.41, 5.74) is 0. The smallest absolute Gasteiger partial charge is 0.234 e. The predicted molar refractivity (Wildman–Crippen MR) is 64.7 cm³/mol. The van der Waals surface area contributed by atoms with Gasteiger partial charge in [-0.05, 0) is 19.5 Å². The summed E-state index contributed by atoms with van der Waals surface area (Å²) in [6.07, 6.45) is 1.02. The van der Waals surface area contributed by atoms with Crippen LogP contribution in [0.2, 0.25) is 0 Å². The van der Waals surface area contributed by atoms with E-state index < -0.39 is 0 Å². The van der Waals surface area contributed by atoms with Gasteiger partial charge in [0.1, 0.15) is 0 Å². The quantitative estimate of drug-likeness (QED) is 0.509. The van der Waals surface area contributed by atoms with Gasteiger partial charge in [0.05, 0.1) is 19.8 Å². The Kier molecular flexibility index (Phi) is 7.11. The fourth-order valence-corrected chi connectivity index (χ4v) is 2.00. The van der Waals surface area contributed by atoms with E-state index in [1.54, 1.807) is 0 Å². The lowest BCUT2D eigenvalue weighted by Gasteiger charge is -2.20. The van der Waals surface area contributed by atoms with Gasteiger partial charge in [-0.2, -0.15) is 0 Å². The Morgan fingerprint density at radius 1 is 1.06 bits per heavy atom. The number of aliphatic hydroxyl groups excluding tert-OH is 2. The molecular weight excluding hydrogens is 222 g/mol. The van der Waals surface area contributed by atoms with Crippen molar-refractivity contribution in [3.8, 4) is 0 Å². The van der Waals surface area contributed by atoms with Gasteiger partial charge in [0.15, 0.2) is 0 Å². The van der Waals surface area contributed by atoms with Crippen molar-refractivity contribution in [2.24, 2.45) is 0 Å². The molecular formula is C11H23N3O3. The Balaban J connectivity index is 2.23.